The summed E-state index contributed by atoms with van der Waals surface area (Å²) in [5.74, 6) is 0.777. The number of aromatic nitrogens is 3. The molecule has 0 unspecified atom stereocenters. The monoisotopic (exact) mass is 592 g/mol. The number of benzene rings is 1. The number of carbonyl (C=O) groups excluding carboxylic acids is 1. The maximum Gasteiger partial charge on any atom is 0.417 e. The lowest BCUT2D eigenvalue weighted by molar-refractivity contribution is -0.137. The van der Waals surface area contributed by atoms with E-state index in [1.54, 1.807) is 32.7 Å². The minimum absolute atomic E-state index is 0.102. The van der Waals surface area contributed by atoms with Gasteiger partial charge in [0.05, 0.1) is 29.6 Å². The molecule has 4 rings (SSSR count). The first-order chi connectivity index (χ1) is 19.9. The number of likely N-dealkylation sites (N-methyl/N-ethyl adjacent to an activating group) is 1. The van der Waals surface area contributed by atoms with Crippen molar-refractivity contribution in [1.29, 1.82) is 0 Å². The normalized spacial score (nSPS) is 15.0. The molecule has 42 heavy (non-hydrogen) atoms. The van der Waals surface area contributed by atoms with Crippen molar-refractivity contribution in [2.75, 3.05) is 45.7 Å². The molecule has 0 aliphatic carbocycles. The highest BCUT2D eigenvalue weighted by molar-refractivity contribution is 5.76. The van der Waals surface area contributed by atoms with E-state index in [1.165, 1.54) is 19.2 Å². The Morgan fingerprint density at radius 3 is 2.52 bits per heavy atom. The highest BCUT2D eigenvalue weighted by Gasteiger charge is 2.35. The van der Waals surface area contributed by atoms with Crippen LogP contribution in [0.3, 0.4) is 0 Å². The smallest absolute Gasteiger partial charge is 0.417 e. The van der Waals surface area contributed by atoms with E-state index in [4.69, 9.17) is 14.0 Å². The molecule has 3 N–H and O–H groups in total. The molecule has 1 saturated heterocycles. The highest BCUT2D eigenvalue weighted by atomic mass is 19.4. The lowest BCUT2D eigenvalue weighted by atomic mass is 10.0. The van der Waals surface area contributed by atoms with Crippen LogP contribution in [0.25, 0.3) is 22.6 Å². The van der Waals surface area contributed by atoms with Crippen LogP contribution >= 0.6 is 0 Å². The summed E-state index contributed by atoms with van der Waals surface area (Å²) in [5, 5.41) is 20.2. The summed E-state index contributed by atoms with van der Waals surface area (Å²) in [6.07, 6.45) is -4.80. The molecule has 1 aliphatic heterocycles. The second-order valence-electron chi connectivity index (χ2n) is 10.2. The van der Waals surface area contributed by atoms with E-state index in [1.807, 2.05) is 0 Å². The number of halogens is 3. The largest absolute Gasteiger partial charge is 0.491 e. The van der Waals surface area contributed by atoms with E-state index >= 15 is 0 Å². The number of ether oxygens (including phenoxy) is 2. The third-order valence-electron chi connectivity index (χ3n) is 7.10. The van der Waals surface area contributed by atoms with Crippen LogP contribution in [0.2, 0.25) is 0 Å². The van der Waals surface area contributed by atoms with Gasteiger partial charge in [0.2, 0.25) is 0 Å². The number of methoxy groups -OCH3 is 1. The molecule has 2 aromatic heterocycles. The molecule has 228 valence electrons. The molecule has 1 atom stereocenters. The minimum Gasteiger partial charge on any atom is -0.491 e. The fourth-order valence-corrected chi connectivity index (χ4v) is 4.90. The predicted molar refractivity (Wildman–Crippen MR) is 148 cm³/mol. The Morgan fingerprint density at radius 2 is 1.93 bits per heavy atom. The van der Waals surface area contributed by atoms with Crippen LogP contribution in [0.5, 0.6) is 5.75 Å². The number of nitrogens with zero attached hydrogens (tertiary/aromatic N) is 4. The molecule has 14 heteroatoms. The van der Waals surface area contributed by atoms with Crippen LogP contribution in [-0.2, 0) is 10.9 Å². The Morgan fingerprint density at radius 1 is 1.21 bits per heavy atom. The van der Waals surface area contributed by atoms with Gasteiger partial charge in [0.25, 0.3) is 0 Å². The molecule has 0 radical (unpaired) electrons. The van der Waals surface area contributed by atoms with Crippen molar-refractivity contribution in [2.45, 2.75) is 51.9 Å². The molecule has 0 spiro atoms. The van der Waals surface area contributed by atoms with Gasteiger partial charge in [0.15, 0.2) is 5.82 Å². The Balaban J connectivity index is 1.79. The first kappa shape index (κ1) is 31.0. The zero-order chi connectivity index (χ0) is 30.6. The Kier molecular flexibility index (Phi) is 9.57. The van der Waals surface area contributed by atoms with Gasteiger partial charge in [-0.25, -0.2) is 14.8 Å². The Bertz CT molecular complexity index is 1390. The quantitative estimate of drug-likeness (QED) is 0.329. The number of aliphatic hydroxyl groups is 1. The number of nitrogens with one attached hydrogen (secondary N) is 2. The van der Waals surface area contributed by atoms with E-state index in [2.05, 4.69) is 25.8 Å². The van der Waals surface area contributed by atoms with Gasteiger partial charge in [-0.3, -0.25) is 0 Å². The fraction of sp³-hybridized carbons (Fsp3) is 0.500. The van der Waals surface area contributed by atoms with Crippen molar-refractivity contribution in [3.05, 3.63) is 40.8 Å². The number of rotatable bonds is 9. The van der Waals surface area contributed by atoms with Crippen molar-refractivity contribution in [2.24, 2.45) is 0 Å². The summed E-state index contributed by atoms with van der Waals surface area (Å²) in [6, 6.07) is 3.25. The summed E-state index contributed by atoms with van der Waals surface area (Å²) >= 11 is 0. The van der Waals surface area contributed by atoms with Crippen molar-refractivity contribution in [3.63, 3.8) is 0 Å². The molecule has 0 bridgehead atoms. The molecule has 1 aliphatic rings. The molecule has 0 saturated carbocycles. The van der Waals surface area contributed by atoms with Crippen molar-refractivity contribution in [1.82, 2.24) is 25.3 Å². The lowest BCUT2D eigenvalue weighted by Crippen LogP contribution is -2.42. The minimum atomic E-state index is -4.70. The number of anilines is 1. The van der Waals surface area contributed by atoms with Gasteiger partial charge >= 0.3 is 12.3 Å². The first-order valence-corrected chi connectivity index (χ1v) is 13.5. The van der Waals surface area contributed by atoms with Crippen LogP contribution < -0.4 is 15.4 Å². The third-order valence-corrected chi connectivity index (χ3v) is 7.10. The number of piperidine rings is 1. The van der Waals surface area contributed by atoms with Crippen LogP contribution in [0.4, 0.5) is 23.8 Å². The number of hydrogen-bond acceptors (Lipinski definition) is 10. The van der Waals surface area contributed by atoms with E-state index < -0.39 is 23.9 Å². The lowest BCUT2D eigenvalue weighted by Gasteiger charge is -2.32. The van der Waals surface area contributed by atoms with Gasteiger partial charge in [-0.1, -0.05) is 5.16 Å². The Hall–Kier alpha value is -3.91. The number of aliphatic hydroxyl groups excluding tert-OH is 1. The second-order valence-corrected chi connectivity index (χ2v) is 10.2. The van der Waals surface area contributed by atoms with Crippen molar-refractivity contribution >= 4 is 11.9 Å². The average molecular weight is 593 g/mol. The maximum atomic E-state index is 14.2. The highest BCUT2D eigenvalue weighted by Crippen LogP contribution is 2.40. The van der Waals surface area contributed by atoms with Gasteiger partial charge in [-0.2, -0.15) is 13.2 Å². The number of alkyl halides is 3. The standard InChI is InChI=1S/C28H35F3N6O5/c1-15-24(23-16(2)36-42-17(23)3)34-26(35-25(15)33-18-8-10-37(11-9-18)27(39)40-5)21-12-20(41-14-19(38)13-32-4)6-7-22(21)28(29,30)31/h6-7,12,18-19,32,38H,8-11,13-14H2,1-5H3,(H,33,34,35)/t19-/m0/s1. The number of carbonyl (C=O) groups is 1. The van der Waals surface area contributed by atoms with Crippen LogP contribution in [-0.4, -0.2) is 83.8 Å². The van der Waals surface area contributed by atoms with Gasteiger partial charge < -0.3 is 34.6 Å². The van der Waals surface area contributed by atoms with Crippen LogP contribution in [0.1, 0.15) is 35.4 Å². The number of hydrogen-bond donors (Lipinski definition) is 3. The maximum absolute atomic E-state index is 14.2. The topological polar surface area (TPSA) is 135 Å². The van der Waals surface area contributed by atoms with Gasteiger partial charge in [0.1, 0.15) is 30.0 Å². The molecule has 11 nitrogen and oxygen atoms in total. The van der Waals surface area contributed by atoms with Crippen LogP contribution in [0, 0.1) is 20.8 Å². The predicted octanol–water partition coefficient (Wildman–Crippen LogP) is 4.34. The second kappa shape index (κ2) is 12.9. The molecular weight excluding hydrogens is 557 g/mol. The van der Waals surface area contributed by atoms with Gasteiger partial charge in [0, 0.05) is 36.8 Å². The molecule has 3 aromatic rings. The van der Waals surface area contributed by atoms with Gasteiger partial charge in [-0.15, -0.1) is 0 Å². The summed E-state index contributed by atoms with van der Waals surface area (Å²) in [4.78, 5) is 22.7. The molecule has 1 fully saturated rings. The van der Waals surface area contributed by atoms with E-state index in [-0.39, 0.29) is 36.3 Å². The summed E-state index contributed by atoms with van der Waals surface area (Å²) < 4.78 is 58.5. The Labute approximate surface area is 241 Å². The van der Waals surface area contributed by atoms with E-state index in [0.29, 0.717) is 60.0 Å². The number of likely N-dealkylation sites (tertiary alicyclic amines) is 1. The summed E-state index contributed by atoms with van der Waals surface area (Å²) in [6.45, 7) is 6.26. The fourth-order valence-electron chi connectivity index (χ4n) is 4.90. The summed E-state index contributed by atoms with van der Waals surface area (Å²) in [7, 11) is 2.99. The van der Waals surface area contributed by atoms with Crippen LogP contribution in [0.15, 0.2) is 22.7 Å². The van der Waals surface area contributed by atoms with E-state index in [9.17, 15) is 23.1 Å². The molecule has 1 aromatic carbocycles. The third kappa shape index (κ3) is 6.93. The van der Waals surface area contributed by atoms with Crippen molar-refractivity contribution in [3.8, 4) is 28.4 Å². The average Bonchev–Trinajstić information content (AvgIpc) is 3.29. The summed E-state index contributed by atoms with van der Waals surface area (Å²) in [5.41, 5.74) is 0.880. The van der Waals surface area contributed by atoms with Crippen molar-refractivity contribution < 1.29 is 37.1 Å². The number of aryl methyl sites for hydroxylation is 2. The molecular formula is C28H35F3N6O5. The first-order valence-electron chi connectivity index (χ1n) is 13.5. The molecule has 1 amide bonds. The SMILES string of the molecule is CNC[C@H](O)COc1ccc(C(F)(F)F)c(-c2nc(NC3CCN(C(=O)OC)CC3)c(C)c(-c3c(C)noc3C)n2)c1. The van der Waals surface area contributed by atoms with Gasteiger partial charge in [-0.05, 0) is 58.9 Å². The van der Waals surface area contributed by atoms with E-state index in [0.717, 1.165) is 6.07 Å². The zero-order valence-corrected chi connectivity index (χ0v) is 24.1. The zero-order valence-electron chi connectivity index (χ0n) is 24.1. The number of amides is 1. The molecule has 3 heterocycles.